The van der Waals surface area contributed by atoms with Gasteiger partial charge in [0.1, 0.15) is 11.9 Å². The molecule has 1 aliphatic rings. The van der Waals surface area contributed by atoms with Gasteiger partial charge < -0.3 is 20.7 Å². The third kappa shape index (κ3) is 7.35. The first-order chi connectivity index (χ1) is 15.4. The normalized spacial score (nSPS) is 32.2. The number of hydrogen-bond donors (Lipinski definition) is 3. The second kappa shape index (κ2) is 11.7. The van der Waals surface area contributed by atoms with Gasteiger partial charge in [0.05, 0.1) is 29.7 Å². The number of hydrogen-bond acceptors (Lipinski definition) is 8. The Bertz CT molecular complexity index is 918. The summed E-state index contributed by atoms with van der Waals surface area (Å²) in [5.41, 5.74) is 5.97. The zero-order valence-corrected chi connectivity index (χ0v) is 20.8. The van der Waals surface area contributed by atoms with E-state index >= 15 is 0 Å². The molecule has 1 aromatic rings. The van der Waals surface area contributed by atoms with E-state index in [0.29, 0.717) is 23.7 Å². The summed E-state index contributed by atoms with van der Waals surface area (Å²) in [6, 6.07) is 0. The lowest BCUT2D eigenvalue weighted by Crippen LogP contribution is -2.45. The van der Waals surface area contributed by atoms with Crippen LogP contribution in [0.4, 0.5) is 5.13 Å². The fraction of sp³-hybridized carbons (Fsp3) is 0.560. The number of nitrogens with zero attached hydrogens (tertiary/aromatic N) is 1. The van der Waals surface area contributed by atoms with E-state index in [4.69, 9.17) is 10.5 Å². The number of aliphatic hydroxyl groups excluding tert-OH is 2. The van der Waals surface area contributed by atoms with E-state index < -0.39 is 35.6 Å². The summed E-state index contributed by atoms with van der Waals surface area (Å²) < 4.78 is 5.70. The number of aliphatic hydroxyl groups is 2. The van der Waals surface area contributed by atoms with Gasteiger partial charge in [-0.05, 0) is 30.9 Å². The molecule has 1 aromatic heterocycles. The maximum atomic E-state index is 13.1. The predicted octanol–water partition coefficient (Wildman–Crippen LogP) is 3.93. The molecular weight excluding hydrogens is 440 g/mol. The average molecular weight is 477 g/mol. The molecule has 1 aliphatic heterocycles. The van der Waals surface area contributed by atoms with Gasteiger partial charge in [0.2, 0.25) is 0 Å². The van der Waals surface area contributed by atoms with E-state index in [1.165, 1.54) is 11.3 Å². The van der Waals surface area contributed by atoms with Crippen LogP contribution in [-0.4, -0.2) is 45.3 Å². The number of aromatic nitrogens is 1. The lowest BCUT2D eigenvalue weighted by Gasteiger charge is -2.34. The van der Waals surface area contributed by atoms with Crippen LogP contribution in [0.25, 0.3) is 6.08 Å². The van der Waals surface area contributed by atoms with Crippen LogP contribution in [0.5, 0.6) is 0 Å². The van der Waals surface area contributed by atoms with Crippen molar-refractivity contribution in [1.29, 1.82) is 0 Å². The van der Waals surface area contributed by atoms with Crippen molar-refractivity contribution in [3.05, 3.63) is 41.0 Å². The molecule has 0 radical (unpaired) electrons. The second-order valence-corrected chi connectivity index (χ2v) is 10.3. The van der Waals surface area contributed by atoms with Crippen molar-refractivity contribution < 1.29 is 24.5 Å². The first-order valence-electron chi connectivity index (χ1n) is 11.2. The minimum Gasteiger partial charge on any atom is -0.457 e. The minimum atomic E-state index is -1.24. The molecule has 4 N–H and O–H groups in total. The first kappa shape index (κ1) is 27.0. The smallest absolute Gasteiger partial charge is 0.309 e. The van der Waals surface area contributed by atoms with Crippen molar-refractivity contribution in [1.82, 2.24) is 4.98 Å². The minimum absolute atomic E-state index is 0.136. The Kier molecular flexibility index (Phi) is 9.57. The first-order valence-corrected chi connectivity index (χ1v) is 12.1. The molecule has 0 spiro atoms. The highest BCUT2D eigenvalue weighted by Crippen LogP contribution is 2.32. The average Bonchev–Trinajstić information content (AvgIpc) is 3.16. The summed E-state index contributed by atoms with van der Waals surface area (Å²) in [5, 5.41) is 23.7. The summed E-state index contributed by atoms with van der Waals surface area (Å²) in [7, 11) is 0. The largest absolute Gasteiger partial charge is 0.457 e. The molecule has 0 aliphatic carbocycles. The second-order valence-electron chi connectivity index (χ2n) is 9.37. The fourth-order valence-electron chi connectivity index (χ4n) is 3.83. The quantitative estimate of drug-likeness (QED) is 0.553. The van der Waals surface area contributed by atoms with Gasteiger partial charge in [-0.15, -0.1) is 11.3 Å². The van der Waals surface area contributed by atoms with Gasteiger partial charge in [0, 0.05) is 17.7 Å². The molecule has 0 saturated carbocycles. The summed E-state index contributed by atoms with van der Waals surface area (Å²) in [6.07, 6.45) is 7.49. The SMILES string of the molecule is C/C(=C\c1csc(N)n1)[C@@H]1C/C=C\C=C\C[C@H](C)[C@H](O)[C@@H](C)C(=O)C(C)(C)[C@@H](O)CC(=O)O1. The highest BCUT2D eigenvalue weighted by molar-refractivity contribution is 7.13. The highest BCUT2D eigenvalue weighted by Gasteiger charge is 2.42. The van der Waals surface area contributed by atoms with Gasteiger partial charge in [0.15, 0.2) is 5.13 Å². The van der Waals surface area contributed by atoms with Crippen LogP contribution in [0.15, 0.2) is 35.3 Å². The molecule has 5 atom stereocenters. The van der Waals surface area contributed by atoms with Crippen molar-refractivity contribution in [3.63, 3.8) is 0 Å². The zero-order chi connectivity index (χ0) is 24.8. The number of ketones is 1. The van der Waals surface area contributed by atoms with Crippen molar-refractivity contribution in [2.75, 3.05) is 5.73 Å². The topological polar surface area (TPSA) is 123 Å². The molecule has 8 heteroatoms. The molecular formula is C25H36N2O5S. The van der Waals surface area contributed by atoms with Gasteiger partial charge in [-0.2, -0.15) is 0 Å². The number of cyclic esters (lactones) is 1. The molecule has 2 heterocycles. The van der Waals surface area contributed by atoms with Gasteiger partial charge in [0.25, 0.3) is 0 Å². The molecule has 7 nitrogen and oxygen atoms in total. The maximum Gasteiger partial charge on any atom is 0.309 e. The number of nitrogens with two attached hydrogens (primary N) is 1. The number of thiazole rings is 1. The molecule has 0 fully saturated rings. The lowest BCUT2D eigenvalue weighted by molar-refractivity contribution is -0.154. The fourth-order valence-corrected chi connectivity index (χ4v) is 4.35. The van der Waals surface area contributed by atoms with Crippen LogP contribution in [-0.2, 0) is 14.3 Å². The zero-order valence-electron chi connectivity index (χ0n) is 20.0. The summed E-state index contributed by atoms with van der Waals surface area (Å²) in [6.45, 7) is 8.61. The number of carbonyl (C=O) groups excluding carboxylic acids is 2. The van der Waals surface area contributed by atoms with Crippen molar-refractivity contribution in [2.45, 2.75) is 72.2 Å². The van der Waals surface area contributed by atoms with Gasteiger partial charge in [-0.25, -0.2) is 4.98 Å². The molecule has 0 unspecified atom stereocenters. The lowest BCUT2D eigenvalue weighted by atomic mass is 9.73. The third-order valence-electron chi connectivity index (χ3n) is 6.28. The van der Waals surface area contributed by atoms with Crippen LogP contribution in [0.2, 0.25) is 0 Å². The third-order valence-corrected chi connectivity index (χ3v) is 6.97. The number of anilines is 1. The van der Waals surface area contributed by atoms with Crippen molar-refractivity contribution in [3.8, 4) is 0 Å². The molecule has 2 rings (SSSR count). The Balaban J connectivity index is 2.32. The Morgan fingerprint density at radius 2 is 1.85 bits per heavy atom. The van der Waals surface area contributed by atoms with E-state index in [9.17, 15) is 19.8 Å². The number of esters is 1. The van der Waals surface area contributed by atoms with E-state index in [2.05, 4.69) is 4.98 Å². The van der Waals surface area contributed by atoms with Crippen molar-refractivity contribution >= 4 is 34.3 Å². The summed E-state index contributed by atoms with van der Waals surface area (Å²) >= 11 is 1.33. The van der Waals surface area contributed by atoms with E-state index in [0.717, 1.165) is 5.57 Å². The molecule has 0 bridgehead atoms. The number of Topliss-reactive ketones (excluding diaryl/α,β-unsaturated/α-hetero) is 1. The Morgan fingerprint density at radius 3 is 2.45 bits per heavy atom. The van der Waals surface area contributed by atoms with Gasteiger partial charge >= 0.3 is 5.97 Å². The Labute approximate surface area is 200 Å². The van der Waals surface area contributed by atoms with E-state index in [1.54, 1.807) is 20.8 Å². The number of allylic oxidation sites excluding steroid dienone is 3. The Hall–Kier alpha value is -2.29. The van der Waals surface area contributed by atoms with Crippen molar-refractivity contribution in [2.24, 2.45) is 17.3 Å². The number of carbonyl (C=O) groups is 2. The molecule has 0 amide bonds. The summed E-state index contributed by atoms with van der Waals surface area (Å²) in [5.74, 6) is -1.70. The van der Waals surface area contributed by atoms with Crippen LogP contribution >= 0.6 is 11.3 Å². The van der Waals surface area contributed by atoms with Gasteiger partial charge in [-0.1, -0.05) is 52.0 Å². The number of ether oxygens (including phenoxy) is 1. The number of rotatable bonds is 2. The Morgan fingerprint density at radius 1 is 1.21 bits per heavy atom. The summed E-state index contributed by atoms with van der Waals surface area (Å²) in [4.78, 5) is 30.0. The van der Waals surface area contributed by atoms with Crippen LogP contribution < -0.4 is 5.73 Å². The van der Waals surface area contributed by atoms with Gasteiger partial charge in [-0.3, -0.25) is 9.59 Å². The van der Waals surface area contributed by atoms with E-state index in [1.807, 2.05) is 49.6 Å². The molecule has 182 valence electrons. The van der Waals surface area contributed by atoms with Crippen LogP contribution in [0.3, 0.4) is 0 Å². The van der Waals surface area contributed by atoms with Crippen LogP contribution in [0, 0.1) is 17.3 Å². The predicted molar refractivity (Wildman–Crippen MR) is 131 cm³/mol. The standard InChI is InChI=1S/C25H36N2O5S/c1-15-10-8-6-7-9-11-19(16(2)12-18-14-33-24(26)27-18)32-21(29)13-20(28)25(4,5)23(31)17(3)22(15)30/h6-9,12,14-15,17,19-20,22,28,30H,10-11,13H2,1-5H3,(H2,26,27)/b8-6+,9-7-,16-12+/t15-,17+,19-,20-,22-/m0/s1. The maximum absolute atomic E-state index is 13.1. The highest BCUT2D eigenvalue weighted by atomic mass is 32.1. The monoisotopic (exact) mass is 476 g/mol. The number of nitrogen functional groups attached to an aromatic ring is 1. The van der Waals surface area contributed by atoms with E-state index in [-0.39, 0.29) is 18.1 Å². The molecule has 0 aromatic carbocycles. The molecule has 33 heavy (non-hydrogen) atoms. The van der Waals surface area contributed by atoms with Crippen LogP contribution in [0.1, 0.15) is 59.6 Å². The molecule has 0 saturated heterocycles.